The van der Waals surface area contributed by atoms with Crippen LogP contribution in [0.3, 0.4) is 0 Å². The summed E-state index contributed by atoms with van der Waals surface area (Å²) in [5, 5.41) is 0. The Kier molecular flexibility index (Phi) is 4.07. The van der Waals surface area contributed by atoms with Crippen LogP contribution in [-0.4, -0.2) is 61.2 Å². The third kappa shape index (κ3) is 2.87. The van der Waals surface area contributed by atoms with E-state index < -0.39 is 11.1 Å². The normalized spacial score (nSPS) is 20.6. The average Bonchev–Trinajstić information content (AvgIpc) is 3.45. The van der Waals surface area contributed by atoms with Crippen LogP contribution in [0, 0.1) is 12.8 Å². The van der Waals surface area contributed by atoms with Crippen LogP contribution < -0.4 is 5.56 Å². The summed E-state index contributed by atoms with van der Waals surface area (Å²) < 4.78 is 0. The summed E-state index contributed by atoms with van der Waals surface area (Å²) in [6.45, 7) is 3.29. The largest absolute Gasteiger partial charge is 0.348 e. The van der Waals surface area contributed by atoms with Crippen LogP contribution in [0.4, 0.5) is 0 Å². The molecule has 1 aliphatic carbocycles. The maximum absolute atomic E-state index is 13.0. The predicted molar refractivity (Wildman–Crippen MR) is 103 cm³/mol. The third-order valence-electron chi connectivity index (χ3n) is 6.49. The molecule has 0 radical (unpaired) electrons. The number of aromatic nitrogens is 4. The van der Waals surface area contributed by atoms with Gasteiger partial charge in [-0.3, -0.25) is 14.4 Å². The Labute approximate surface area is 167 Å². The first-order chi connectivity index (χ1) is 14.0. The van der Waals surface area contributed by atoms with E-state index in [0.717, 1.165) is 30.7 Å². The van der Waals surface area contributed by atoms with Gasteiger partial charge in [-0.15, -0.1) is 0 Å². The van der Waals surface area contributed by atoms with Gasteiger partial charge in [0.25, 0.3) is 11.5 Å². The fourth-order valence-corrected chi connectivity index (χ4v) is 4.74. The highest BCUT2D eigenvalue weighted by atomic mass is 16.2. The maximum Gasteiger partial charge on any atom is 0.263 e. The quantitative estimate of drug-likeness (QED) is 0.776. The van der Waals surface area contributed by atoms with E-state index >= 15 is 0 Å². The highest BCUT2D eigenvalue weighted by Gasteiger charge is 2.51. The van der Waals surface area contributed by atoms with Gasteiger partial charge in [0.1, 0.15) is 11.4 Å². The molecule has 2 fully saturated rings. The van der Waals surface area contributed by atoms with Crippen molar-refractivity contribution in [2.75, 3.05) is 19.6 Å². The van der Waals surface area contributed by atoms with Crippen LogP contribution in [0.15, 0.2) is 17.3 Å². The zero-order chi connectivity index (χ0) is 20.2. The van der Waals surface area contributed by atoms with Gasteiger partial charge in [0.15, 0.2) is 0 Å². The SMILES string of the molecule is Cc1ncc(C(=O)N2CCC3(CC2)c2nc[nH]c2CCN3C(=O)C2CC2)c(=O)[nH]1. The highest BCUT2D eigenvalue weighted by molar-refractivity contribution is 5.93. The molecule has 2 aliphatic heterocycles. The van der Waals surface area contributed by atoms with Crippen molar-refractivity contribution in [3.8, 4) is 0 Å². The zero-order valence-electron chi connectivity index (χ0n) is 16.4. The molecule has 2 amide bonds. The molecule has 5 rings (SSSR count). The smallest absolute Gasteiger partial charge is 0.263 e. The maximum atomic E-state index is 13.0. The van der Waals surface area contributed by atoms with E-state index in [1.165, 1.54) is 6.20 Å². The Bertz CT molecular complexity index is 1030. The number of hydrogen-bond donors (Lipinski definition) is 2. The van der Waals surface area contributed by atoms with Gasteiger partial charge in [0.2, 0.25) is 5.91 Å². The topological polar surface area (TPSA) is 115 Å². The summed E-state index contributed by atoms with van der Waals surface area (Å²) in [6.07, 6.45) is 6.99. The molecule has 1 saturated carbocycles. The van der Waals surface area contributed by atoms with Gasteiger partial charge in [-0.25, -0.2) is 9.97 Å². The number of carbonyl (C=O) groups excluding carboxylic acids is 2. The number of piperidine rings is 1. The Morgan fingerprint density at radius 2 is 1.93 bits per heavy atom. The number of carbonyl (C=O) groups is 2. The van der Waals surface area contributed by atoms with Crippen LogP contribution >= 0.6 is 0 Å². The minimum atomic E-state index is -0.470. The van der Waals surface area contributed by atoms with Crippen molar-refractivity contribution >= 4 is 11.8 Å². The molecule has 1 spiro atoms. The Morgan fingerprint density at radius 3 is 2.62 bits per heavy atom. The molecule has 1 saturated heterocycles. The molecule has 4 heterocycles. The summed E-state index contributed by atoms with van der Waals surface area (Å²) in [7, 11) is 0. The molecular formula is C20H24N6O3. The number of fused-ring (bicyclic) bond motifs is 2. The standard InChI is InChI=1S/C20H24N6O3/c1-12-21-10-14(17(27)24-12)19(29)25-8-5-20(6-9-25)16-15(22-11-23-16)4-7-26(20)18(28)13-2-3-13/h10-11,13H,2-9H2,1H3,(H,22,23)(H,21,24,27). The van der Waals surface area contributed by atoms with E-state index in [-0.39, 0.29) is 23.3 Å². The van der Waals surface area contributed by atoms with Crippen molar-refractivity contribution in [3.63, 3.8) is 0 Å². The van der Waals surface area contributed by atoms with E-state index in [2.05, 4.69) is 19.9 Å². The summed E-state index contributed by atoms with van der Waals surface area (Å²) in [5.74, 6) is 0.528. The monoisotopic (exact) mass is 396 g/mol. The van der Waals surface area contributed by atoms with Crippen LogP contribution in [-0.2, 0) is 16.8 Å². The highest BCUT2D eigenvalue weighted by Crippen LogP contribution is 2.45. The number of hydrogen-bond acceptors (Lipinski definition) is 5. The van der Waals surface area contributed by atoms with E-state index in [1.54, 1.807) is 18.2 Å². The first-order valence-electron chi connectivity index (χ1n) is 10.2. The second-order valence-electron chi connectivity index (χ2n) is 8.28. The van der Waals surface area contributed by atoms with E-state index in [4.69, 9.17) is 0 Å². The summed E-state index contributed by atoms with van der Waals surface area (Å²) in [4.78, 5) is 56.2. The van der Waals surface area contributed by atoms with Crippen molar-refractivity contribution in [1.29, 1.82) is 0 Å². The van der Waals surface area contributed by atoms with Gasteiger partial charge < -0.3 is 19.8 Å². The number of imidazole rings is 1. The van der Waals surface area contributed by atoms with Gasteiger partial charge in [-0.2, -0.15) is 0 Å². The minimum Gasteiger partial charge on any atom is -0.348 e. The first-order valence-corrected chi connectivity index (χ1v) is 10.2. The molecule has 0 unspecified atom stereocenters. The molecule has 2 aromatic rings. The van der Waals surface area contributed by atoms with Crippen LogP contribution in [0.5, 0.6) is 0 Å². The lowest BCUT2D eigenvalue weighted by atomic mass is 9.78. The number of nitrogens with zero attached hydrogens (tertiary/aromatic N) is 4. The average molecular weight is 396 g/mol. The molecule has 9 nitrogen and oxygen atoms in total. The van der Waals surface area contributed by atoms with Crippen molar-refractivity contribution in [1.82, 2.24) is 29.7 Å². The molecule has 3 aliphatic rings. The fraction of sp³-hybridized carbons (Fsp3) is 0.550. The Morgan fingerprint density at radius 1 is 1.17 bits per heavy atom. The summed E-state index contributed by atoms with van der Waals surface area (Å²) in [5.41, 5.74) is 1.20. The number of nitrogens with one attached hydrogen (secondary N) is 2. The number of aromatic amines is 2. The minimum absolute atomic E-state index is 0.0570. The number of H-pyrrole nitrogens is 2. The zero-order valence-corrected chi connectivity index (χ0v) is 16.4. The number of aryl methyl sites for hydroxylation is 1. The van der Waals surface area contributed by atoms with Crippen molar-refractivity contribution in [3.05, 3.63) is 45.7 Å². The molecule has 2 N–H and O–H groups in total. The number of rotatable bonds is 2. The molecule has 9 heteroatoms. The molecule has 0 bridgehead atoms. The second-order valence-corrected chi connectivity index (χ2v) is 8.28. The fourth-order valence-electron chi connectivity index (χ4n) is 4.74. The Hall–Kier alpha value is -2.97. The van der Waals surface area contributed by atoms with Crippen LogP contribution in [0.25, 0.3) is 0 Å². The molecule has 29 heavy (non-hydrogen) atoms. The second kappa shape index (κ2) is 6.53. The van der Waals surface area contributed by atoms with Crippen LogP contribution in [0.2, 0.25) is 0 Å². The van der Waals surface area contributed by atoms with Gasteiger partial charge >= 0.3 is 0 Å². The van der Waals surface area contributed by atoms with Gasteiger partial charge in [-0.1, -0.05) is 0 Å². The summed E-state index contributed by atoms with van der Waals surface area (Å²) >= 11 is 0. The molecule has 0 aromatic carbocycles. The van der Waals surface area contributed by atoms with Gasteiger partial charge in [0, 0.05) is 43.9 Å². The molecule has 0 atom stereocenters. The van der Waals surface area contributed by atoms with Gasteiger partial charge in [0.05, 0.1) is 17.6 Å². The molecule has 2 aromatic heterocycles. The van der Waals surface area contributed by atoms with E-state index in [9.17, 15) is 14.4 Å². The van der Waals surface area contributed by atoms with Crippen molar-refractivity contribution < 1.29 is 9.59 Å². The van der Waals surface area contributed by atoms with E-state index in [0.29, 0.717) is 38.3 Å². The summed E-state index contributed by atoms with van der Waals surface area (Å²) in [6, 6.07) is 0. The molecule has 152 valence electrons. The lowest BCUT2D eigenvalue weighted by Gasteiger charge is -2.50. The van der Waals surface area contributed by atoms with Crippen molar-refractivity contribution in [2.24, 2.45) is 5.92 Å². The lowest BCUT2D eigenvalue weighted by molar-refractivity contribution is -0.143. The first kappa shape index (κ1) is 18.1. The van der Waals surface area contributed by atoms with Gasteiger partial charge in [-0.05, 0) is 32.6 Å². The predicted octanol–water partition coefficient (Wildman–Crippen LogP) is 0.728. The number of likely N-dealkylation sites (tertiary alicyclic amines) is 1. The van der Waals surface area contributed by atoms with E-state index in [1.807, 2.05) is 4.90 Å². The molecular weight excluding hydrogens is 372 g/mol. The van der Waals surface area contributed by atoms with Crippen LogP contribution in [0.1, 0.15) is 53.3 Å². The Balaban J connectivity index is 1.41. The van der Waals surface area contributed by atoms with Crippen molar-refractivity contribution in [2.45, 2.75) is 44.6 Å². The number of amides is 2. The third-order valence-corrected chi connectivity index (χ3v) is 6.49. The lowest BCUT2D eigenvalue weighted by Crippen LogP contribution is -2.59.